The minimum atomic E-state index is -0.101. The highest BCUT2D eigenvalue weighted by atomic mass is 32.1. The molecule has 0 bridgehead atoms. The van der Waals surface area contributed by atoms with Gasteiger partial charge in [-0.15, -0.1) is 0 Å². The molecule has 0 saturated carbocycles. The molecule has 1 aromatic rings. The molecule has 0 aromatic heterocycles. The summed E-state index contributed by atoms with van der Waals surface area (Å²) in [6.45, 7) is 15.7. The van der Waals surface area contributed by atoms with Crippen LogP contribution in [-0.4, -0.2) is 26.9 Å². The number of aryl methyl sites for hydroxylation is 1. The van der Waals surface area contributed by atoms with E-state index < -0.39 is 0 Å². The summed E-state index contributed by atoms with van der Waals surface area (Å²) in [4.78, 5) is 0.655. The second-order valence-electron chi connectivity index (χ2n) is 10.7. The zero-order valence-corrected chi connectivity index (χ0v) is 21.3. The van der Waals surface area contributed by atoms with Gasteiger partial charge in [0.2, 0.25) is 0 Å². The van der Waals surface area contributed by atoms with Crippen molar-refractivity contribution in [1.29, 1.82) is 0 Å². The average Bonchev–Trinajstić information content (AvgIpc) is 2.63. The van der Waals surface area contributed by atoms with E-state index in [0.29, 0.717) is 17.3 Å². The van der Waals surface area contributed by atoms with Crippen LogP contribution < -0.4 is 0 Å². The van der Waals surface area contributed by atoms with Gasteiger partial charge in [-0.3, -0.25) is 10.3 Å². The average molecular weight is 436 g/mol. The van der Waals surface area contributed by atoms with Gasteiger partial charge in [0.1, 0.15) is 10.7 Å². The molecular weight excluding hydrogens is 390 g/mol. The summed E-state index contributed by atoms with van der Waals surface area (Å²) in [7, 11) is 0. The lowest BCUT2D eigenvalue weighted by atomic mass is 9.78. The summed E-state index contributed by atoms with van der Waals surface area (Å²) in [5.74, 6) is 0.440. The molecule has 2 N–H and O–H groups in total. The molecule has 172 valence electrons. The molecule has 0 atom stereocenters. The summed E-state index contributed by atoms with van der Waals surface area (Å²) in [6.07, 6.45) is 9.56. The van der Waals surface area contributed by atoms with E-state index in [-0.39, 0.29) is 10.8 Å². The van der Waals surface area contributed by atoms with E-state index in [9.17, 15) is 10.3 Å². The van der Waals surface area contributed by atoms with E-state index in [1.807, 2.05) is 0 Å². The molecule has 0 heterocycles. The van der Waals surface area contributed by atoms with Crippen LogP contribution in [0.5, 0.6) is 5.75 Å². The van der Waals surface area contributed by atoms with Gasteiger partial charge in [0.15, 0.2) is 0 Å². The number of thiocarbonyl (C=S) groups is 1. The van der Waals surface area contributed by atoms with E-state index in [1.165, 1.54) is 29.9 Å². The first kappa shape index (κ1) is 26.9. The lowest BCUT2D eigenvalue weighted by molar-refractivity contribution is -0.0151. The number of nitrogens with zero attached hydrogens (tertiary/aromatic N) is 1. The normalized spacial score (nSPS) is 12.3. The third-order valence-corrected chi connectivity index (χ3v) is 6.07. The smallest absolute Gasteiger partial charge is 0.123 e. The maximum absolute atomic E-state index is 10.9. The van der Waals surface area contributed by atoms with Crippen molar-refractivity contribution >= 4 is 17.2 Å². The number of hydrogen-bond donors (Lipinski definition) is 2. The van der Waals surface area contributed by atoms with Crippen molar-refractivity contribution in [2.75, 3.05) is 6.54 Å². The van der Waals surface area contributed by atoms with Gasteiger partial charge in [-0.05, 0) is 53.2 Å². The zero-order chi connectivity index (χ0) is 22.9. The predicted octanol–water partition coefficient (Wildman–Crippen LogP) is 7.69. The molecule has 3 nitrogen and oxygen atoms in total. The molecule has 0 fully saturated rings. The van der Waals surface area contributed by atoms with Gasteiger partial charge >= 0.3 is 0 Å². The standard InChI is InChI=1S/C26H45NO2S/c1-8-9-10-11-14-17-27(29)23(30)16-13-12-15-20-18-21(25(2,3)4)24(28)22(19-20)26(5,6)7/h18-19,28-29H,8-17H2,1-7H3. The molecule has 1 rings (SSSR count). The topological polar surface area (TPSA) is 43.7 Å². The van der Waals surface area contributed by atoms with Crippen molar-refractivity contribution in [2.45, 2.75) is 117 Å². The molecule has 0 saturated heterocycles. The van der Waals surface area contributed by atoms with Gasteiger partial charge in [0.25, 0.3) is 0 Å². The highest BCUT2D eigenvalue weighted by molar-refractivity contribution is 7.80. The first-order valence-electron chi connectivity index (χ1n) is 11.7. The summed E-state index contributed by atoms with van der Waals surface area (Å²) < 4.78 is 0. The Morgan fingerprint density at radius 3 is 1.90 bits per heavy atom. The molecule has 0 spiro atoms. The van der Waals surface area contributed by atoms with Gasteiger partial charge in [-0.1, -0.05) is 98.5 Å². The van der Waals surface area contributed by atoms with Crippen molar-refractivity contribution in [3.8, 4) is 5.75 Å². The van der Waals surface area contributed by atoms with Crippen molar-refractivity contribution < 1.29 is 10.3 Å². The zero-order valence-electron chi connectivity index (χ0n) is 20.5. The third-order valence-electron chi connectivity index (χ3n) is 5.65. The Kier molecular flexibility index (Phi) is 10.8. The van der Waals surface area contributed by atoms with Crippen LogP contribution in [0.15, 0.2) is 12.1 Å². The van der Waals surface area contributed by atoms with Gasteiger partial charge in [-0.25, -0.2) is 0 Å². The number of phenolic OH excluding ortho intramolecular Hbond substituents is 1. The van der Waals surface area contributed by atoms with Gasteiger partial charge < -0.3 is 5.11 Å². The molecule has 0 radical (unpaired) electrons. The molecule has 4 heteroatoms. The number of unbranched alkanes of at least 4 members (excludes halogenated alkanes) is 5. The largest absolute Gasteiger partial charge is 0.507 e. The molecule has 30 heavy (non-hydrogen) atoms. The summed E-state index contributed by atoms with van der Waals surface area (Å²) in [6, 6.07) is 4.33. The Labute approximate surface area is 190 Å². The predicted molar refractivity (Wildman–Crippen MR) is 133 cm³/mol. The van der Waals surface area contributed by atoms with Crippen LogP contribution in [0.1, 0.15) is 117 Å². The molecule has 0 aliphatic rings. The molecule has 0 amide bonds. The van der Waals surface area contributed by atoms with Gasteiger partial charge in [0, 0.05) is 13.0 Å². The van der Waals surface area contributed by atoms with E-state index in [4.69, 9.17) is 12.2 Å². The fourth-order valence-electron chi connectivity index (χ4n) is 3.71. The number of aromatic hydroxyl groups is 1. The molecule has 0 aliphatic heterocycles. The van der Waals surface area contributed by atoms with Crippen LogP contribution in [-0.2, 0) is 17.3 Å². The van der Waals surface area contributed by atoms with Crippen molar-refractivity contribution in [3.63, 3.8) is 0 Å². The number of phenols is 1. The van der Waals surface area contributed by atoms with Crippen molar-refractivity contribution in [1.82, 2.24) is 5.06 Å². The number of hydrogen-bond acceptors (Lipinski definition) is 3. The lowest BCUT2D eigenvalue weighted by Gasteiger charge is -2.28. The summed E-state index contributed by atoms with van der Waals surface area (Å²) in [5, 5.41) is 22.3. The summed E-state index contributed by atoms with van der Waals surface area (Å²) >= 11 is 5.41. The second-order valence-corrected chi connectivity index (χ2v) is 11.1. The van der Waals surface area contributed by atoms with Crippen LogP contribution in [0.2, 0.25) is 0 Å². The van der Waals surface area contributed by atoms with Crippen LogP contribution in [0, 0.1) is 0 Å². The van der Waals surface area contributed by atoms with Crippen LogP contribution in [0.3, 0.4) is 0 Å². The maximum atomic E-state index is 10.9. The first-order chi connectivity index (χ1) is 13.9. The van der Waals surface area contributed by atoms with E-state index >= 15 is 0 Å². The van der Waals surface area contributed by atoms with Crippen molar-refractivity contribution in [3.05, 3.63) is 28.8 Å². The van der Waals surface area contributed by atoms with E-state index in [1.54, 1.807) is 0 Å². The van der Waals surface area contributed by atoms with Crippen LogP contribution in [0.4, 0.5) is 0 Å². The van der Waals surface area contributed by atoms with Crippen LogP contribution in [0.25, 0.3) is 0 Å². The Bertz CT molecular complexity index is 636. The Hall–Kier alpha value is -1.13. The van der Waals surface area contributed by atoms with Gasteiger partial charge in [0.05, 0.1) is 0 Å². The van der Waals surface area contributed by atoms with Crippen LogP contribution >= 0.6 is 12.2 Å². The Morgan fingerprint density at radius 1 is 0.867 bits per heavy atom. The quantitative estimate of drug-likeness (QED) is 0.212. The SMILES string of the molecule is CCCCCCCN(O)C(=S)CCCCc1cc(C(C)(C)C)c(O)c(C(C)(C)C)c1. The minimum Gasteiger partial charge on any atom is -0.507 e. The fourth-order valence-corrected chi connectivity index (χ4v) is 3.94. The van der Waals surface area contributed by atoms with Gasteiger partial charge in [-0.2, -0.15) is 0 Å². The number of benzene rings is 1. The monoisotopic (exact) mass is 435 g/mol. The maximum Gasteiger partial charge on any atom is 0.123 e. The number of hydroxylamine groups is 2. The molecule has 0 aliphatic carbocycles. The second kappa shape index (κ2) is 12.0. The van der Waals surface area contributed by atoms with E-state index in [2.05, 4.69) is 60.6 Å². The molecular formula is C26H45NO2S. The fraction of sp³-hybridized carbons (Fsp3) is 0.731. The van der Waals surface area contributed by atoms with Crippen molar-refractivity contribution in [2.24, 2.45) is 0 Å². The number of rotatable bonds is 11. The minimum absolute atomic E-state index is 0.101. The molecule has 0 unspecified atom stereocenters. The molecule has 1 aromatic carbocycles. The Morgan fingerprint density at radius 2 is 1.40 bits per heavy atom. The van der Waals surface area contributed by atoms with E-state index in [0.717, 1.165) is 49.7 Å². The Balaban J connectivity index is 2.61. The highest BCUT2D eigenvalue weighted by Crippen LogP contribution is 2.40. The third kappa shape index (κ3) is 8.93. The summed E-state index contributed by atoms with van der Waals surface area (Å²) in [5.41, 5.74) is 3.10. The first-order valence-corrected chi connectivity index (χ1v) is 12.1. The lowest BCUT2D eigenvalue weighted by Crippen LogP contribution is -2.26. The highest BCUT2D eigenvalue weighted by Gasteiger charge is 2.26.